The molecule has 0 saturated heterocycles. The Morgan fingerprint density at radius 1 is 0.909 bits per heavy atom. The quantitative estimate of drug-likeness (QED) is 0.220. The molecule has 0 aromatic heterocycles. The van der Waals surface area contributed by atoms with Gasteiger partial charge >= 0.3 is 0 Å². The van der Waals surface area contributed by atoms with Gasteiger partial charge in [0, 0.05) is 17.9 Å². The van der Waals surface area contributed by atoms with Crippen LogP contribution < -0.4 is 10.6 Å². The molecule has 1 saturated carbocycles. The Balaban J connectivity index is 1.82. The Kier molecular flexibility index (Phi) is 13.8. The number of nitrogens with one attached hydrogen (secondary N) is 2. The van der Waals surface area contributed by atoms with Crippen LogP contribution in [-0.4, -0.2) is 60.5 Å². The van der Waals surface area contributed by atoms with Gasteiger partial charge in [0.2, 0.25) is 11.8 Å². The normalized spacial score (nSPS) is 17.2. The number of terminal acetylenes is 2. The number of carbonyl (C=O) groups excluding carboxylic acids is 2. The largest absolute Gasteiger partial charge is 0.389 e. The van der Waals surface area contributed by atoms with Crippen LogP contribution >= 0.6 is 11.6 Å². The van der Waals surface area contributed by atoms with Gasteiger partial charge in [-0.05, 0) is 48.6 Å². The molecule has 44 heavy (non-hydrogen) atoms. The topological polar surface area (TPSA) is 133 Å². The van der Waals surface area contributed by atoms with Crippen LogP contribution in [0.1, 0.15) is 56.9 Å². The third-order valence-electron chi connectivity index (χ3n) is 8.02. The molecule has 8 nitrogen and oxygen atoms in total. The summed E-state index contributed by atoms with van der Waals surface area (Å²) in [5, 5.41) is 27.2. The lowest BCUT2D eigenvalue weighted by atomic mass is 9.82. The van der Waals surface area contributed by atoms with E-state index in [1.54, 1.807) is 24.3 Å². The Bertz CT molecular complexity index is 1410. The van der Waals surface area contributed by atoms with E-state index < -0.39 is 57.6 Å². The van der Waals surface area contributed by atoms with Crippen LogP contribution in [0, 0.1) is 36.5 Å². The van der Waals surface area contributed by atoms with Crippen molar-refractivity contribution in [2.45, 2.75) is 87.0 Å². The van der Waals surface area contributed by atoms with Crippen molar-refractivity contribution in [2.24, 2.45) is 11.8 Å². The van der Waals surface area contributed by atoms with Gasteiger partial charge in [0.25, 0.3) is 0 Å². The zero-order chi connectivity index (χ0) is 32.1. The summed E-state index contributed by atoms with van der Waals surface area (Å²) in [5.74, 6) is 2.13. The average Bonchev–Trinajstić information content (AvgIpc) is 3.01. The maximum atomic E-state index is 13.7. The molecule has 0 radical (unpaired) electrons. The second kappa shape index (κ2) is 17.2. The highest BCUT2D eigenvalue weighted by Gasteiger charge is 2.34. The van der Waals surface area contributed by atoms with Gasteiger partial charge < -0.3 is 20.8 Å². The van der Waals surface area contributed by atoms with Crippen molar-refractivity contribution in [3.05, 3.63) is 65.2 Å². The van der Waals surface area contributed by atoms with Gasteiger partial charge in [-0.1, -0.05) is 74.0 Å². The maximum absolute atomic E-state index is 13.7. The van der Waals surface area contributed by atoms with Gasteiger partial charge in [0.15, 0.2) is 9.84 Å². The van der Waals surface area contributed by atoms with Gasteiger partial charge in [-0.15, -0.1) is 24.7 Å². The van der Waals surface area contributed by atoms with Gasteiger partial charge in [-0.2, -0.15) is 0 Å². The molecule has 0 heterocycles. The van der Waals surface area contributed by atoms with E-state index in [4.69, 9.17) is 24.4 Å². The highest BCUT2D eigenvalue weighted by atomic mass is 35.5. The standard InChI is InChI=1S/C34H41ClN2O6S/c1-3-11-29(34(41)37-30(32(39)31(38)12-4-2)22-25-15-9-6-10-16-25)36-33(40)26(21-24-13-7-5-8-14-24)23-44(42,43)28-19-17-27(35)18-20-28/h1-2,5,7-8,13-14,17-20,25-26,29-32,38-39H,6,9-12,15-16,21-23H2,(H,36,40)(H,37,41)/t26-,29+,30+,31+,32-/m1/s1. The zero-order valence-electron chi connectivity index (χ0n) is 24.7. The fraction of sp³-hybridized carbons (Fsp3) is 0.471. The fourth-order valence-electron chi connectivity index (χ4n) is 5.60. The molecule has 0 aliphatic heterocycles. The van der Waals surface area contributed by atoms with Gasteiger partial charge in [-0.25, -0.2) is 8.42 Å². The zero-order valence-corrected chi connectivity index (χ0v) is 26.3. The number of benzene rings is 2. The molecule has 2 aromatic carbocycles. The molecule has 5 atom stereocenters. The van der Waals surface area contributed by atoms with E-state index in [9.17, 15) is 28.2 Å². The maximum Gasteiger partial charge on any atom is 0.243 e. The summed E-state index contributed by atoms with van der Waals surface area (Å²) in [7, 11) is -3.91. The lowest BCUT2D eigenvalue weighted by molar-refractivity contribution is -0.132. The Morgan fingerprint density at radius 2 is 1.55 bits per heavy atom. The number of carbonyl (C=O) groups is 2. The summed E-state index contributed by atoms with van der Waals surface area (Å²) in [6, 6.07) is 12.7. The molecular formula is C34H41ClN2O6S. The van der Waals surface area contributed by atoms with E-state index in [1.165, 1.54) is 24.3 Å². The minimum atomic E-state index is -3.91. The third-order valence-corrected chi connectivity index (χ3v) is 10.1. The number of hydrogen-bond acceptors (Lipinski definition) is 6. The second-order valence-corrected chi connectivity index (χ2v) is 13.9. The van der Waals surface area contributed by atoms with E-state index in [0.717, 1.165) is 37.7 Å². The van der Waals surface area contributed by atoms with Crippen molar-refractivity contribution in [1.82, 2.24) is 10.6 Å². The molecule has 10 heteroatoms. The summed E-state index contributed by atoms with van der Waals surface area (Å²) in [4.78, 5) is 27.2. The van der Waals surface area contributed by atoms with Crippen molar-refractivity contribution in [3.63, 3.8) is 0 Å². The van der Waals surface area contributed by atoms with Crippen molar-refractivity contribution in [1.29, 1.82) is 0 Å². The Hall–Kier alpha value is -3.34. The highest BCUT2D eigenvalue weighted by Crippen LogP contribution is 2.29. The predicted molar refractivity (Wildman–Crippen MR) is 171 cm³/mol. The van der Waals surface area contributed by atoms with Crippen LogP contribution in [-0.2, 0) is 25.8 Å². The summed E-state index contributed by atoms with van der Waals surface area (Å²) >= 11 is 5.93. The molecular weight excluding hydrogens is 600 g/mol. The number of aliphatic hydroxyl groups excluding tert-OH is 2. The van der Waals surface area contributed by atoms with Crippen LogP contribution in [0.25, 0.3) is 0 Å². The van der Waals surface area contributed by atoms with Crippen LogP contribution in [0.5, 0.6) is 0 Å². The van der Waals surface area contributed by atoms with Crippen molar-refractivity contribution in [3.8, 4) is 24.7 Å². The molecule has 1 fully saturated rings. The lowest BCUT2D eigenvalue weighted by Gasteiger charge is -2.33. The molecule has 3 rings (SSSR count). The predicted octanol–water partition coefficient (Wildman–Crippen LogP) is 3.68. The number of rotatable bonds is 15. The van der Waals surface area contributed by atoms with Gasteiger partial charge in [0.1, 0.15) is 12.1 Å². The van der Waals surface area contributed by atoms with E-state index >= 15 is 0 Å². The smallest absolute Gasteiger partial charge is 0.243 e. The number of aliphatic hydroxyl groups is 2. The third kappa shape index (κ3) is 10.7. The monoisotopic (exact) mass is 640 g/mol. The van der Waals surface area contributed by atoms with E-state index in [1.807, 2.05) is 6.07 Å². The SMILES string of the molecule is C#CC[C@H](NC(=O)[C@H](Cc1ccccc1)CS(=O)(=O)c1ccc(Cl)cc1)C(=O)N[C@@H](CC1CCCCC1)[C@@H](O)[C@@H](O)CC#C. The Morgan fingerprint density at radius 3 is 2.16 bits per heavy atom. The summed E-state index contributed by atoms with van der Waals surface area (Å²) in [5.41, 5.74) is 0.745. The van der Waals surface area contributed by atoms with E-state index in [0.29, 0.717) is 11.4 Å². The molecule has 1 aliphatic rings. The first-order valence-electron chi connectivity index (χ1n) is 14.9. The first-order chi connectivity index (χ1) is 21.0. The lowest BCUT2D eigenvalue weighted by Crippen LogP contribution is -2.56. The van der Waals surface area contributed by atoms with Gasteiger partial charge in [0.05, 0.1) is 28.7 Å². The summed E-state index contributed by atoms with van der Waals surface area (Å²) < 4.78 is 26.6. The van der Waals surface area contributed by atoms with Crippen LogP contribution in [0.4, 0.5) is 0 Å². The van der Waals surface area contributed by atoms with Crippen LogP contribution in [0.2, 0.25) is 5.02 Å². The number of amides is 2. The second-order valence-electron chi connectivity index (χ2n) is 11.4. The van der Waals surface area contributed by atoms with E-state index in [2.05, 4.69) is 22.5 Å². The molecule has 0 spiro atoms. The minimum absolute atomic E-state index is 0.0238. The van der Waals surface area contributed by atoms with Gasteiger partial charge in [-0.3, -0.25) is 9.59 Å². The molecule has 236 valence electrons. The molecule has 1 aliphatic carbocycles. The average molecular weight is 641 g/mol. The summed E-state index contributed by atoms with van der Waals surface area (Å²) in [6.07, 6.45) is 13.7. The number of halogens is 1. The number of sulfone groups is 1. The first-order valence-corrected chi connectivity index (χ1v) is 16.9. The highest BCUT2D eigenvalue weighted by molar-refractivity contribution is 7.91. The molecule has 2 amide bonds. The molecule has 0 unspecified atom stereocenters. The number of hydrogen-bond donors (Lipinski definition) is 4. The Labute approximate surface area is 265 Å². The summed E-state index contributed by atoms with van der Waals surface area (Å²) in [6.45, 7) is 0. The molecule has 0 bridgehead atoms. The molecule has 2 aromatic rings. The van der Waals surface area contributed by atoms with E-state index in [-0.39, 0.29) is 30.1 Å². The van der Waals surface area contributed by atoms with Crippen LogP contribution in [0.15, 0.2) is 59.5 Å². The van der Waals surface area contributed by atoms with Crippen molar-refractivity contribution in [2.75, 3.05) is 5.75 Å². The fourth-order valence-corrected chi connectivity index (χ4v) is 7.27. The van der Waals surface area contributed by atoms with Crippen LogP contribution in [0.3, 0.4) is 0 Å². The van der Waals surface area contributed by atoms with Crippen molar-refractivity contribution < 1.29 is 28.2 Å². The first kappa shape index (κ1) is 35.1. The molecule has 4 N–H and O–H groups in total. The van der Waals surface area contributed by atoms with Crippen molar-refractivity contribution >= 4 is 33.3 Å². The minimum Gasteiger partial charge on any atom is -0.389 e.